The van der Waals surface area contributed by atoms with Gasteiger partial charge in [0, 0.05) is 37.9 Å². The van der Waals surface area contributed by atoms with Crippen LogP contribution in [0.15, 0.2) is 0 Å². The molecule has 1 saturated heterocycles. The maximum atomic E-state index is 11.2. The number of hydrogen-bond donors (Lipinski definition) is 2. The maximum Gasteiger partial charge on any atom is 0.508 e. The molecule has 0 aromatic rings. The van der Waals surface area contributed by atoms with Gasteiger partial charge in [-0.15, -0.1) is 0 Å². The zero-order valence-electron chi connectivity index (χ0n) is 29.2. The second-order valence-electron chi connectivity index (χ2n) is 12.9. The molecule has 5 atom stereocenters. The third-order valence-electron chi connectivity index (χ3n) is 6.71. The van der Waals surface area contributed by atoms with Crippen molar-refractivity contribution >= 4 is 43.6 Å². The van der Waals surface area contributed by atoms with Crippen molar-refractivity contribution in [3.8, 4) is 0 Å². The molecular weight excluding hydrogens is 621 g/mol. The van der Waals surface area contributed by atoms with Gasteiger partial charge >= 0.3 is 12.3 Å². The standard InChI is InChI=1S/C17H34O4.C13H28O.C2H4O.CO2.S3/c1-13(2)7-6-8-14(3)9-10-15(4)11-20-17(19)21-12-16(5)18;1-11(2)6-5-7-12(3)8-9-13(4)10-14;1-2-3-1;2-1-3;1-3-2/h13-16,18H,6-12H2,1-5H3;11-14H,5-10H2,1-4H3;1-2H2;;. The van der Waals surface area contributed by atoms with E-state index in [1.807, 2.05) is 0 Å². The number of aliphatic hydroxyl groups is 2. The minimum Gasteiger partial charge on any atom is -0.434 e. The van der Waals surface area contributed by atoms with E-state index in [9.17, 15) is 4.79 Å². The second kappa shape index (κ2) is 38.4. The van der Waals surface area contributed by atoms with Crippen molar-refractivity contribution in [3.05, 3.63) is 0 Å². The fraction of sp³-hybridized carbons (Fsp3) is 0.939. The third-order valence-corrected chi connectivity index (χ3v) is 6.71. The van der Waals surface area contributed by atoms with E-state index < -0.39 is 12.3 Å². The predicted octanol–water partition coefficient (Wildman–Crippen LogP) is 7.68. The normalized spacial score (nSPS) is 14.6. The van der Waals surface area contributed by atoms with Crippen molar-refractivity contribution in [2.45, 2.75) is 133 Å². The van der Waals surface area contributed by atoms with E-state index in [1.165, 1.54) is 57.8 Å². The van der Waals surface area contributed by atoms with Gasteiger partial charge in [-0.3, -0.25) is 0 Å². The van der Waals surface area contributed by atoms with Crippen LogP contribution in [0.25, 0.3) is 0 Å². The number of carbonyl (C=O) groups excluding carboxylic acids is 3. The molecule has 11 heteroatoms. The summed E-state index contributed by atoms with van der Waals surface area (Å²) in [5, 5.41) is 17.9. The number of epoxide rings is 1. The Morgan fingerprint density at radius 1 is 0.705 bits per heavy atom. The molecule has 0 amide bonds. The first-order valence-electron chi connectivity index (χ1n) is 16.3. The molecule has 0 aromatic heterocycles. The Labute approximate surface area is 282 Å². The summed E-state index contributed by atoms with van der Waals surface area (Å²) < 4.78 is 14.3. The second-order valence-corrected chi connectivity index (χ2v) is 14.7. The zero-order chi connectivity index (χ0) is 34.8. The Hall–Kier alpha value is -0.810. The van der Waals surface area contributed by atoms with Gasteiger partial charge in [-0.05, 0) is 55.3 Å². The van der Waals surface area contributed by atoms with Crippen LogP contribution in [0.3, 0.4) is 0 Å². The number of aliphatic hydroxyl groups excluding tert-OH is 2. The molecule has 0 spiro atoms. The van der Waals surface area contributed by atoms with E-state index in [2.05, 4.69) is 82.5 Å². The molecule has 1 aliphatic rings. The number of ether oxygens (including phenoxy) is 3. The summed E-state index contributed by atoms with van der Waals surface area (Å²) in [5.74, 6) is 4.03. The van der Waals surface area contributed by atoms with Crippen LogP contribution in [0.4, 0.5) is 4.79 Å². The van der Waals surface area contributed by atoms with Gasteiger partial charge in [0.1, 0.15) is 6.61 Å². The lowest BCUT2D eigenvalue weighted by atomic mass is 9.93. The van der Waals surface area contributed by atoms with Crippen LogP contribution >= 0.6 is 0 Å². The molecule has 0 bridgehead atoms. The van der Waals surface area contributed by atoms with E-state index in [0.29, 0.717) is 25.0 Å². The van der Waals surface area contributed by atoms with E-state index in [-0.39, 0.29) is 12.8 Å². The SMILES string of the molecule is C1CO1.CC(C)CCCC(C)CCC(C)CO.CC(C)CCCC(C)CCC(C)COC(=O)OCC(C)O.O=C=O.S=S=S. The van der Waals surface area contributed by atoms with Gasteiger partial charge < -0.3 is 24.4 Å². The van der Waals surface area contributed by atoms with Crippen molar-refractivity contribution in [2.75, 3.05) is 33.0 Å². The first-order valence-corrected chi connectivity index (χ1v) is 18.9. The van der Waals surface area contributed by atoms with E-state index >= 15 is 0 Å². The largest absolute Gasteiger partial charge is 0.508 e. The molecule has 1 fully saturated rings. The molecule has 0 aliphatic carbocycles. The first kappa shape index (κ1) is 50.1. The van der Waals surface area contributed by atoms with Gasteiger partial charge in [0.05, 0.1) is 25.9 Å². The van der Waals surface area contributed by atoms with Crippen molar-refractivity contribution in [2.24, 2.45) is 35.5 Å². The molecule has 2 N–H and O–H groups in total. The molecule has 44 heavy (non-hydrogen) atoms. The topological polar surface area (TPSA) is 123 Å². The van der Waals surface area contributed by atoms with Crippen LogP contribution in [0.2, 0.25) is 0 Å². The predicted molar refractivity (Wildman–Crippen MR) is 186 cm³/mol. The van der Waals surface area contributed by atoms with Gasteiger partial charge in [-0.2, -0.15) is 9.59 Å². The Kier molecular flexibility index (Phi) is 43.7. The lowest BCUT2D eigenvalue weighted by molar-refractivity contribution is -0.191. The molecule has 1 rings (SSSR count). The van der Waals surface area contributed by atoms with Crippen LogP contribution < -0.4 is 0 Å². The van der Waals surface area contributed by atoms with Crippen LogP contribution in [0, 0.1) is 35.5 Å². The molecule has 8 nitrogen and oxygen atoms in total. The number of hydrogen-bond acceptors (Lipinski definition) is 10. The minimum absolute atomic E-state index is 0.0138. The van der Waals surface area contributed by atoms with Crippen LogP contribution in [-0.2, 0) is 55.1 Å². The smallest absolute Gasteiger partial charge is 0.434 e. The van der Waals surface area contributed by atoms with Gasteiger partial charge in [-0.1, -0.05) is 107 Å². The monoisotopic (exact) mass is 686 g/mol. The number of carbonyl (C=O) groups is 1. The van der Waals surface area contributed by atoms with Crippen LogP contribution in [0.5, 0.6) is 0 Å². The van der Waals surface area contributed by atoms with Crippen molar-refractivity contribution < 1.29 is 38.8 Å². The average molecular weight is 687 g/mol. The highest BCUT2D eigenvalue weighted by Gasteiger charge is 2.12. The molecule has 1 aliphatic heterocycles. The highest BCUT2D eigenvalue weighted by molar-refractivity contribution is 8.37. The minimum atomic E-state index is -0.687. The highest BCUT2D eigenvalue weighted by Crippen LogP contribution is 2.20. The molecule has 5 unspecified atom stereocenters. The summed E-state index contributed by atoms with van der Waals surface area (Å²) in [6.45, 7) is 22.2. The Morgan fingerprint density at radius 2 is 1.05 bits per heavy atom. The Morgan fingerprint density at radius 3 is 1.36 bits per heavy atom. The average Bonchev–Trinajstić information content (AvgIpc) is 3.83. The van der Waals surface area contributed by atoms with Crippen molar-refractivity contribution in [3.63, 3.8) is 0 Å². The van der Waals surface area contributed by atoms with Gasteiger partial charge in [0.25, 0.3) is 0 Å². The summed E-state index contributed by atoms with van der Waals surface area (Å²) in [4.78, 5) is 27.5. The van der Waals surface area contributed by atoms with Crippen LogP contribution in [0.1, 0.15) is 127 Å². The molecule has 0 radical (unpaired) electrons. The van der Waals surface area contributed by atoms with E-state index in [1.54, 1.807) is 6.92 Å². The molecule has 264 valence electrons. The Balaban J connectivity index is -0.000000295. The summed E-state index contributed by atoms with van der Waals surface area (Å²) >= 11 is 8.25. The molecule has 1 heterocycles. The fourth-order valence-corrected chi connectivity index (χ4v) is 3.79. The molecule has 0 aromatic carbocycles. The fourth-order valence-electron chi connectivity index (χ4n) is 3.79. The van der Waals surface area contributed by atoms with E-state index in [4.69, 9.17) is 29.3 Å². The van der Waals surface area contributed by atoms with Gasteiger partial charge in [0.15, 0.2) is 0 Å². The summed E-state index contributed by atoms with van der Waals surface area (Å²) in [6, 6.07) is 0. The summed E-state index contributed by atoms with van der Waals surface area (Å²) in [7, 11) is 0.917. The van der Waals surface area contributed by atoms with Crippen LogP contribution in [-0.4, -0.2) is 61.7 Å². The lowest BCUT2D eigenvalue weighted by Crippen LogP contribution is -2.18. The van der Waals surface area contributed by atoms with Crippen molar-refractivity contribution in [1.29, 1.82) is 0 Å². The Bertz CT molecular complexity index is 663. The maximum absolute atomic E-state index is 11.2. The molecular formula is C33H66O8S3. The third kappa shape index (κ3) is 56.9. The van der Waals surface area contributed by atoms with Gasteiger partial charge in [0.2, 0.25) is 0 Å². The summed E-state index contributed by atoms with van der Waals surface area (Å²) in [6.07, 6.45) is 11.6. The first-order chi connectivity index (χ1) is 20.7. The quantitative estimate of drug-likeness (QED) is 0.103. The summed E-state index contributed by atoms with van der Waals surface area (Å²) in [5.41, 5.74) is 0. The lowest BCUT2D eigenvalue weighted by Gasteiger charge is -2.16. The highest BCUT2D eigenvalue weighted by atomic mass is 33.1. The van der Waals surface area contributed by atoms with Gasteiger partial charge in [-0.25, -0.2) is 4.79 Å². The molecule has 0 saturated carbocycles. The number of rotatable bonds is 19. The van der Waals surface area contributed by atoms with E-state index in [0.717, 1.165) is 52.2 Å². The van der Waals surface area contributed by atoms with Crippen molar-refractivity contribution in [1.82, 2.24) is 0 Å². The zero-order valence-corrected chi connectivity index (χ0v) is 31.7.